The molecule has 59 valence electrons. The standard InChI is InChI=1S/C7H14NO2/c1-4-6(2)8-7(3)10-5-9/h6-8H,4H2,1-3H3. The van der Waals surface area contributed by atoms with Crippen LogP contribution >= 0.6 is 0 Å². The summed E-state index contributed by atoms with van der Waals surface area (Å²) in [5.74, 6) is 0. The highest BCUT2D eigenvalue weighted by molar-refractivity contribution is 5.38. The SMILES string of the molecule is CCC(C)NC(C)O[C]=O. The lowest BCUT2D eigenvalue weighted by atomic mass is 10.2. The minimum Gasteiger partial charge on any atom is -0.438 e. The van der Waals surface area contributed by atoms with Crippen LogP contribution in [0.2, 0.25) is 0 Å². The smallest absolute Gasteiger partial charge is 0.419 e. The Labute approximate surface area is 61.8 Å². The van der Waals surface area contributed by atoms with Gasteiger partial charge in [-0.2, -0.15) is 0 Å². The van der Waals surface area contributed by atoms with Gasteiger partial charge in [0.25, 0.3) is 0 Å². The van der Waals surface area contributed by atoms with E-state index in [4.69, 9.17) is 0 Å². The molecule has 2 atom stereocenters. The molecule has 0 fully saturated rings. The molecule has 0 saturated carbocycles. The van der Waals surface area contributed by atoms with Gasteiger partial charge in [0.2, 0.25) is 0 Å². The first-order chi connectivity index (χ1) is 4.70. The van der Waals surface area contributed by atoms with Gasteiger partial charge in [0.1, 0.15) is 0 Å². The fourth-order valence-corrected chi connectivity index (χ4v) is 0.625. The van der Waals surface area contributed by atoms with Crippen LogP contribution in [0, 0.1) is 0 Å². The van der Waals surface area contributed by atoms with Crippen LogP contribution in [0.1, 0.15) is 27.2 Å². The molecule has 0 heterocycles. The maximum atomic E-state index is 9.70. The molecule has 0 bridgehead atoms. The molecule has 3 heteroatoms. The third kappa shape index (κ3) is 4.32. The molecule has 0 saturated heterocycles. The van der Waals surface area contributed by atoms with Gasteiger partial charge in [-0.15, -0.1) is 0 Å². The van der Waals surface area contributed by atoms with E-state index in [1.165, 1.54) is 6.47 Å². The summed E-state index contributed by atoms with van der Waals surface area (Å²) in [5, 5.41) is 3.05. The maximum absolute atomic E-state index is 9.70. The average Bonchev–Trinajstić information content (AvgIpc) is 1.88. The monoisotopic (exact) mass is 144 g/mol. The van der Waals surface area contributed by atoms with Gasteiger partial charge in [-0.05, 0) is 20.3 Å². The van der Waals surface area contributed by atoms with Gasteiger partial charge in [-0.1, -0.05) is 6.92 Å². The quantitative estimate of drug-likeness (QED) is 0.580. The molecule has 0 aromatic heterocycles. The zero-order valence-electron chi connectivity index (χ0n) is 6.68. The lowest BCUT2D eigenvalue weighted by Gasteiger charge is -2.15. The molecule has 3 nitrogen and oxygen atoms in total. The number of hydrogen-bond donors (Lipinski definition) is 1. The topological polar surface area (TPSA) is 38.3 Å². The Morgan fingerprint density at radius 3 is 2.60 bits per heavy atom. The summed E-state index contributed by atoms with van der Waals surface area (Å²) in [6, 6.07) is 0.378. The molecule has 10 heavy (non-hydrogen) atoms. The number of rotatable bonds is 5. The summed E-state index contributed by atoms with van der Waals surface area (Å²) in [5.41, 5.74) is 0. The van der Waals surface area contributed by atoms with Crippen LogP contribution in [-0.4, -0.2) is 18.7 Å². The Balaban J connectivity index is 3.35. The van der Waals surface area contributed by atoms with Gasteiger partial charge in [0.15, 0.2) is 6.23 Å². The van der Waals surface area contributed by atoms with E-state index in [1.54, 1.807) is 6.92 Å². The summed E-state index contributed by atoms with van der Waals surface area (Å²) in [4.78, 5) is 9.70. The molecular weight excluding hydrogens is 130 g/mol. The van der Waals surface area contributed by atoms with Crippen molar-refractivity contribution < 1.29 is 9.53 Å². The molecule has 2 unspecified atom stereocenters. The Morgan fingerprint density at radius 2 is 2.20 bits per heavy atom. The number of carbonyl (C=O) groups excluding carboxylic acids is 1. The summed E-state index contributed by atoms with van der Waals surface area (Å²) in [6.07, 6.45) is 0.791. The lowest BCUT2D eigenvalue weighted by molar-refractivity contribution is 0.146. The number of nitrogens with one attached hydrogen (secondary N) is 1. The van der Waals surface area contributed by atoms with Crippen LogP contribution in [0.5, 0.6) is 0 Å². The molecule has 0 aromatic rings. The van der Waals surface area contributed by atoms with Crippen molar-refractivity contribution in [1.82, 2.24) is 5.32 Å². The van der Waals surface area contributed by atoms with Gasteiger partial charge in [-0.3, -0.25) is 5.32 Å². The Morgan fingerprint density at radius 1 is 1.60 bits per heavy atom. The van der Waals surface area contributed by atoms with Crippen LogP contribution in [0.25, 0.3) is 0 Å². The molecule has 0 aromatic carbocycles. The molecular formula is C7H14NO2. The average molecular weight is 144 g/mol. The Hall–Kier alpha value is -0.570. The van der Waals surface area contributed by atoms with Crippen LogP contribution in [0.3, 0.4) is 0 Å². The van der Waals surface area contributed by atoms with E-state index < -0.39 is 0 Å². The highest BCUT2D eigenvalue weighted by Crippen LogP contribution is 1.91. The molecule has 1 N–H and O–H groups in total. The normalized spacial score (nSPS) is 15.9. The summed E-state index contributed by atoms with van der Waals surface area (Å²) < 4.78 is 4.50. The van der Waals surface area contributed by atoms with Crippen molar-refractivity contribution in [2.45, 2.75) is 39.5 Å². The minimum atomic E-state index is -0.229. The first kappa shape index (κ1) is 9.43. The Bertz CT molecular complexity index is 95.6. The van der Waals surface area contributed by atoms with Gasteiger partial charge in [0.05, 0.1) is 0 Å². The van der Waals surface area contributed by atoms with E-state index in [1.807, 2.05) is 6.92 Å². The van der Waals surface area contributed by atoms with E-state index >= 15 is 0 Å². The van der Waals surface area contributed by atoms with Crippen molar-refractivity contribution in [3.05, 3.63) is 0 Å². The third-order valence-electron chi connectivity index (χ3n) is 1.36. The number of ether oxygens (including phenoxy) is 1. The fraction of sp³-hybridized carbons (Fsp3) is 0.857. The second-order valence-electron chi connectivity index (χ2n) is 2.32. The van der Waals surface area contributed by atoms with Gasteiger partial charge in [-0.25, -0.2) is 4.79 Å². The third-order valence-corrected chi connectivity index (χ3v) is 1.36. The summed E-state index contributed by atoms with van der Waals surface area (Å²) in [7, 11) is 0. The summed E-state index contributed by atoms with van der Waals surface area (Å²) >= 11 is 0. The molecule has 0 amide bonds. The number of hydrogen-bond acceptors (Lipinski definition) is 3. The Kier molecular flexibility index (Phi) is 4.94. The maximum Gasteiger partial charge on any atom is 0.419 e. The second-order valence-corrected chi connectivity index (χ2v) is 2.32. The van der Waals surface area contributed by atoms with Crippen molar-refractivity contribution in [1.29, 1.82) is 0 Å². The van der Waals surface area contributed by atoms with Crippen molar-refractivity contribution in [2.24, 2.45) is 0 Å². The van der Waals surface area contributed by atoms with Gasteiger partial charge >= 0.3 is 6.47 Å². The largest absolute Gasteiger partial charge is 0.438 e. The first-order valence-electron chi connectivity index (χ1n) is 3.49. The summed E-state index contributed by atoms with van der Waals surface area (Å²) in [6.45, 7) is 7.26. The predicted octanol–water partition coefficient (Wildman–Crippen LogP) is 0.804. The first-order valence-corrected chi connectivity index (χ1v) is 3.49. The van der Waals surface area contributed by atoms with Crippen molar-refractivity contribution >= 4 is 6.47 Å². The molecule has 0 rings (SSSR count). The fourth-order valence-electron chi connectivity index (χ4n) is 0.625. The molecule has 0 aliphatic carbocycles. The van der Waals surface area contributed by atoms with E-state index in [0.717, 1.165) is 6.42 Å². The van der Waals surface area contributed by atoms with E-state index in [9.17, 15) is 4.79 Å². The van der Waals surface area contributed by atoms with Crippen LogP contribution in [0.15, 0.2) is 0 Å². The molecule has 0 spiro atoms. The van der Waals surface area contributed by atoms with E-state index in [0.29, 0.717) is 6.04 Å². The lowest BCUT2D eigenvalue weighted by Crippen LogP contribution is -2.35. The highest BCUT2D eigenvalue weighted by Gasteiger charge is 2.04. The highest BCUT2D eigenvalue weighted by atomic mass is 16.5. The molecule has 0 aliphatic heterocycles. The zero-order chi connectivity index (χ0) is 7.98. The van der Waals surface area contributed by atoms with E-state index in [2.05, 4.69) is 17.0 Å². The van der Waals surface area contributed by atoms with Crippen molar-refractivity contribution in [2.75, 3.05) is 0 Å². The van der Waals surface area contributed by atoms with Crippen LogP contribution < -0.4 is 5.32 Å². The molecule has 1 radical (unpaired) electrons. The van der Waals surface area contributed by atoms with Gasteiger partial charge < -0.3 is 4.74 Å². The van der Waals surface area contributed by atoms with Crippen LogP contribution in [-0.2, 0) is 9.53 Å². The van der Waals surface area contributed by atoms with E-state index in [-0.39, 0.29) is 6.23 Å². The van der Waals surface area contributed by atoms with Crippen molar-refractivity contribution in [3.63, 3.8) is 0 Å². The van der Waals surface area contributed by atoms with Gasteiger partial charge in [0, 0.05) is 6.04 Å². The predicted molar refractivity (Wildman–Crippen MR) is 39.1 cm³/mol. The van der Waals surface area contributed by atoms with Crippen molar-refractivity contribution in [3.8, 4) is 0 Å². The minimum absolute atomic E-state index is 0.229. The molecule has 0 aliphatic rings. The van der Waals surface area contributed by atoms with Crippen LogP contribution in [0.4, 0.5) is 0 Å². The second kappa shape index (κ2) is 5.23. The zero-order valence-corrected chi connectivity index (χ0v) is 6.68.